The molecule has 4 nitrogen and oxygen atoms in total. The summed E-state index contributed by atoms with van der Waals surface area (Å²) in [6.45, 7) is 1.84. The summed E-state index contributed by atoms with van der Waals surface area (Å²) in [6, 6.07) is 1.63. The smallest absolute Gasteiger partial charge is 0.245 e. The molecule has 1 aromatic carbocycles. The van der Waals surface area contributed by atoms with Crippen molar-refractivity contribution < 1.29 is 12.8 Å². The first-order valence-corrected chi connectivity index (χ1v) is 7.65. The van der Waals surface area contributed by atoms with Crippen LogP contribution in [-0.4, -0.2) is 32.4 Å². The molecule has 0 spiro atoms. The van der Waals surface area contributed by atoms with Crippen molar-refractivity contribution in [3.05, 3.63) is 27.4 Å². The van der Waals surface area contributed by atoms with E-state index >= 15 is 0 Å². The molecule has 0 aliphatic heterocycles. The molecule has 0 aliphatic carbocycles. The lowest BCUT2D eigenvalue weighted by molar-refractivity contribution is 0.394. The first-order chi connectivity index (χ1) is 8.21. The van der Waals surface area contributed by atoms with E-state index in [1.807, 2.05) is 0 Å². The molecule has 102 valence electrons. The molecule has 0 aromatic heterocycles. The molecule has 0 saturated carbocycles. The first-order valence-electron chi connectivity index (χ1n) is 5.04. The van der Waals surface area contributed by atoms with Gasteiger partial charge in [0.05, 0.1) is 5.02 Å². The minimum atomic E-state index is -3.82. The Kier molecular flexibility index (Phi) is 5.13. The lowest BCUT2D eigenvalue weighted by atomic mass is 10.3. The molecule has 18 heavy (non-hydrogen) atoms. The van der Waals surface area contributed by atoms with Crippen molar-refractivity contribution in [1.29, 1.82) is 0 Å². The predicted octanol–water partition coefficient (Wildman–Crippen LogP) is 2.21. The summed E-state index contributed by atoms with van der Waals surface area (Å²) in [7, 11) is -2.42. The SMILES string of the molecule is CC(CN)N(C)S(=O)(=O)c1c(Cl)cc(F)cc1Br. The van der Waals surface area contributed by atoms with Crippen molar-refractivity contribution in [2.75, 3.05) is 13.6 Å². The zero-order valence-corrected chi connectivity index (χ0v) is 13.0. The lowest BCUT2D eigenvalue weighted by Crippen LogP contribution is -2.39. The Bertz CT molecular complexity index is 530. The molecule has 0 aliphatic rings. The molecule has 0 saturated heterocycles. The Hall–Kier alpha value is -0.210. The number of halogens is 3. The second kappa shape index (κ2) is 5.83. The van der Waals surface area contributed by atoms with Crippen molar-refractivity contribution >= 4 is 37.6 Å². The Morgan fingerprint density at radius 1 is 1.56 bits per heavy atom. The number of rotatable bonds is 4. The maximum Gasteiger partial charge on any atom is 0.245 e. The van der Waals surface area contributed by atoms with E-state index in [1.165, 1.54) is 7.05 Å². The molecule has 0 radical (unpaired) electrons. The molecule has 1 aromatic rings. The van der Waals surface area contributed by atoms with Crippen LogP contribution in [0.5, 0.6) is 0 Å². The second-order valence-electron chi connectivity index (χ2n) is 3.80. The third-order valence-corrected chi connectivity index (χ3v) is 5.93. The highest BCUT2D eigenvalue weighted by Crippen LogP contribution is 2.32. The molecule has 1 unspecified atom stereocenters. The predicted molar refractivity (Wildman–Crippen MR) is 72.6 cm³/mol. The summed E-state index contributed by atoms with van der Waals surface area (Å²) in [5.41, 5.74) is 5.44. The lowest BCUT2D eigenvalue weighted by Gasteiger charge is -2.24. The van der Waals surface area contributed by atoms with Gasteiger partial charge in [0.2, 0.25) is 10.0 Å². The van der Waals surface area contributed by atoms with Crippen molar-refractivity contribution in [2.45, 2.75) is 17.9 Å². The van der Waals surface area contributed by atoms with Crippen LogP contribution in [0.3, 0.4) is 0 Å². The van der Waals surface area contributed by atoms with Gasteiger partial charge in [0, 0.05) is 24.1 Å². The number of nitrogens with zero attached hydrogens (tertiary/aromatic N) is 1. The molecule has 0 fully saturated rings. The zero-order chi connectivity index (χ0) is 14.1. The van der Waals surface area contributed by atoms with E-state index in [9.17, 15) is 12.8 Å². The van der Waals surface area contributed by atoms with Crippen LogP contribution in [0.4, 0.5) is 4.39 Å². The van der Waals surface area contributed by atoms with Gasteiger partial charge in [-0.15, -0.1) is 0 Å². The number of nitrogens with two attached hydrogens (primary N) is 1. The Morgan fingerprint density at radius 3 is 2.56 bits per heavy atom. The van der Waals surface area contributed by atoms with Gasteiger partial charge in [-0.2, -0.15) is 4.31 Å². The average molecular weight is 360 g/mol. The fourth-order valence-electron chi connectivity index (χ4n) is 1.30. The fourth-order valence-corrected chi connectivity index (χ4v) is 4.42. The Balaban J connectivity index is 3.38. The third kappa shape index (κ3) is 3.03. The summed E-state index contributed by atoms with van der Waals surface area (Å²) in [4.78, 5) is -0.159. The summed E-state index contributed by atoms with van der Waals surface area (Å²) in [5, 5.41) is -0.169. The molecule has 8 heteroatoms. The summed E-state index contributed by atoms with van der Waals surface area (Å²) in [6.07, 6.45) is 0. The Morgan fingerprint density at radius 2 is 2.11 bits per heavy atom. The van der Waals surface area contributed by atoms with Gasteiger partial charge in [0.25, 0.3) is 0 Å². The van der Waals surface area contributed by atoms with Crippen LogP contribution in [0.25, 0.3) is 0 Å². The van der Waals surface area contributed by atoms with Crippen LogP contribution in [-0.2, 0) is 10.0 Å². The first kappa shape index (κ1) is 15.8. The summed E-state index contributed by atoms with van der Waals surface area (Å²) in [5.74, 6) is -0.611. The molecule has 1 rings (SSSR count). The maximum atomic E-state index is 13.1. The number of likely N-dealkylation sites (N-methyl/N-ethyl adjacent to an activating group) is 1. The van der Waals surface area contributed by atoms with Gasteiger partial charge in [0.1, 0.15) is 10.7 Å². The van der Waals surface area contributed by atoms with Crippen molar-refractivity contribution in [3.8, 4) is 0 Å². The molecule has 0 heterocycles. The number of sulfonamides is 1. The van der Waals surface area contributed by atoms with E-state index in [2.05, 4.69) is 15.9 Å². The van der Waals surface area contributed by atoms with Gasteiger partial charge in [0.15, 0.2) is 0 Å². The van der Waals surface area contributed by atoms with E-state index in [0.29, 0.717) is 0 Å². The molecular formula is C10H13BrClFN2O2S. The molecule has 0 bridgehead atoms. The van der Waals surface area contributed by atoms with Crippen molar-refractivity contribution in [1.82, 2.24) is 4.31 Å². The standard InChI is InChI=1S/C10H13BrClFN2O2S/c1-6(5-14)15(2)18(16,17)10-8(11)3-7(13)4-9(10)12/h3-4,6H,5,14H2,1-2H3. The second-order valence-corrected chi connectivity index (χ2v) is 7.00. The normalized spacial score (nSPS) is 13.9. The van der Waals surface area contributed by atoms with Crippen LogP contribution in [0, 0.1) is 5.82 Å². The van der Waals surface area contributed by atoms with E-state index in [-0.39, 0.29) is 27.0 Å². The van der Waals surface area contributed by atoms with Gasteiger partial charge in [-0.05, 0) is 35.0 Å². The van der Waals surface area contributed by atoms with E-state index in [1.54, 1.807) is 6.92 Å². The largest absolute Gasteiger partial charge is 0.329 e. The van der Waals surface area contributed by atoms with E-state index < -0.39 is 15.8 Å². The molecule has 1 atom stereocenters. The summed E-state index contributed by atoms with van der Waals surface area (Å²) < 4.78 is 38.9. The average Bonchev–Trinajstić information content (AvgIpc) is 2.24. The van der Waals surface area contributed by atoms with Crippen LogP contribution >= 0.6 is 27.5 Å². The topological polar surface area (TPSA) is 63.4 Å². The highest BCUT2D eigenvalue weighted by molar-refractivity contribution is 9.10. The van der Waals surface area contributed by atoms with Gasteiger partial charge in [-0.1, -0.05) is 11.6 Å². The maximum absolute atomic E-state index is 13.1. The van der Waals surface area contributed by atoms with Crippen LogP contribution in [0.2, 0.25) is 5.02 Å². The number of benzene rings is 1. The van der Waals surface area contributed by atoms with Crippen molar-refractivity contribution in [2.24, 2.45) is 5.73 Å². The highest BCUT2D eigenvalue weighted by Gasteiger charge is 2.29. The quantitative estimate of drug-likeness (QED) is 0.896. The number of hydrogen-bond acceptors (Lipinski definition) is 3. The van der Waals surface area contributed by atoms with Crippen molar-refractivity contribution in [3.63, 3.8) is 0 Å². The molecule has 0 amide bonds. The zero-order valence-electron chi connectivity index (χ0n) is 9.82. The summed E-state index contributed by atoms with van der Waals surface area (Å²) >= 11 is 8.82. The highest BCUT2D eigenvalue weighted by atomic mass is 79.9. The van der Waals surface area contributed by atoms with Gasteiger partial charge in [-0.3, -0.25) is 0 Å². The minimum absolute atomic E-state index is 0.0866. The van der Waals surface area contributed by atoms with Gasteiger partial charge in [-0.25, -0.2) is 12.8 Å². The monoisotopic (exact) mass is 358 g/mol. The van der Waals surface area contributed by atoms with Crippen LogP contribution in [0.1, 0.15) is 6.92 Å². The molecular weight excluding hydrogens is 347 g/mol. The van der Waals surface area contributed by atoms with Crippen LogP contribution in [0.15, 0.2) is 21.5 Å². The minimum Gasteiger partial charge on any atom is -0.329 e. The molecule has 2 N–H and O–H groups in total. The Labute approximate surface area is 119 Å². The van der Waals surface area contributed by atoms with Crippen LogP contribution < -0.4 is 5.73 Å². The van der Waals surface area contributed by atoms with E-state index in [4.69, 9.17) is 17.3 Å². The van der Waals surface area contributed by atoms with Gasteiger partial charge < -0.3 is 5.73 Å². The fraction of sp³-hybridized carbons (Fsp3) is 0.400. The van der Waals surface area contributed by atoms with E-state index in [0.717, 1.165) is 16.4 Å². The third-order valence-electron chi connectivity index (χ3n) is 2.56. The number of hydrogen-bond donors (Lipinski definition) is 1. The van der Waals surface area contributed by atoms with Gasteiger partial charge >= 0.3 is 0 Å².